The molecule has 98 valence electrons. The van der Waals surface area contributed by atoms with Crippen molar-refractivity contribution in [2.75, 3.05) is 18.4 Å². The molecule has 1 atom stereocenters. The van der Waals surface area contributed by atoms with E-state index >= 15 is 0 Å². The number of hydrogen-bond donors (Lipinski definition) is 1. The lowest BCUT2D eigenvalue weighted by Gasteiger charge is -2.31. The Morgan fingerprint density at radius 3 is 2.72 bits per heavy atom. The van der Waals surface area contributed by atoms with E-state index in [1.165, 1.54) is 19.3 Å². The average molecular weight is 267 g/mol. The van der Waals surface area contributed by atoms with Crippen LogP contribution in [0.5, 0.6) is 0 Å². The van der Waals surface area contributed by atoms with Crippen molar-refractivity contribution in [3.05, 3.63) is 29.3 Å². The lowest BCUT2D eigenvalue weighted by Crippen LogP contribution is -2.44. The average Bonchev–Trinajstić information content (AvgIpc) is 2.39. The molecule has 0 spiro atoms. The van der Waals surface area contributed by atoms with Crippen LogP contribution < -0.4 is 5.32 Å². The molecule has 1 N–H and O–H groups in total. The molecule has 0 saturated carbocycles. The maximum atomic E-state index is 12.1. The Balaban J connectivity index is 1.94. The number of amides is 1. The van der Waals surface area contributed by atoms with Crippen LogP contribution in [0, 0.1) is 0 Å². The smallest absolute Gasteiger partial charge is 0.241 e. The van der Waals surface area contributed by atoms with E-state index in [9.17, 15) is 4.79 Å². The molecule has 1 aromatic carbocycles. The molecule has 18 heavy (non-hydrogen) atoms. The molecule has 4 heteroatoms. The first-order valence-electron chi connectivity index (χ1n) is 6.47. The van der Waals surface area contributed by atoms with Crippen LogP contribution in [0.2, 0.25) is 5.02 Å². The Morgan fingerprint density at radius 2 is 2.06 bits per heavy atom. The molecule has 2 rings (SSSR count). The van der Waals surface area contributed by atoms with Crippen molar-refractivity contribution in [2.45, 2.75) is 32.2 Å². The summed E-state index contributed by atoms with van der Waals surface area (Å²) in [4.78, 5) is 14.4. The van der Waals surface area contributed by atoms with Crippen LogP contribution in [-0.4, -0.2) is 29.9 Å². The van der Waals surface area contributed by atoms with Crippen LogP contribution >= 0.6 is 11.6 Å². The highest BCUT2D eigenvalue weighted by Gasteiger charge is 2.22. The highest BCUT2D eigenvalue weighted by molar-refractivity contribution is 6.30. The van der Waals surface area contributed by atoms with Gasteiger partial charge in [-0.2, -0.15) is 0 Å². The van der Waals surface area contributed by atoms with Gasteiger partial charge in [-0.05, 0) is 51.1 Å². The summed E-state index contributed by atoms with van der Waals surface area (Å²) in [6.07, 6.45) is 3.66. The van der Waals surface area contributed by atoms with Crippen molar-refractivity contribution in [1.29, 1.82) is 0 Å². The SMILES string of the molecule is C[C@@H](C(=O)Nc1cccc(Cl)c1)N1CCCCC1. The Labute approximate surface area is 113 Å². The topological polar surface area (TPSA) is 32.3 Å². The van der Waals surface area contributed by atoms with Crippen LogP contribution in [0.1, 0.15) is 26.2 Å². The van der Waals surface area contributed by atoms with Crippen LogP contribution in [0.15, 0.2) is 24.3 Å². The third-order valence-electron chi connectivity index (χ3n) is 3.41. The van der Waals surface area contributed by atoms with Crippen molar-refractivity contribution >= 4 is 23.2 Å². The van der Waals surface area contributed by atoms with Gasteiger partial charge in [-0.15, -0.1) is 0 Å². The zero-order valence-corrected chi connectivity index (χ0v) is 11.4. The molecule has 0 bridgehead atoms. The van der Waals surface area contributed by atoms with Crippen LogP contribution in [0.3, 0.4) is 0 Å². The number of piperidine rings is 1. The maximum absolute atomic E-state index is 12.1. The predicted molar refractivity (Wildman–Crippen MR) is 75.0 cm³/mol. The first-order valence-corrected chi connectivity index (χ1v) is 6.85. The molecule has 1 aliphatic heterocycles. The van der Waals surface area contributed by atoms with Crippen molar-refractivity contribution in [1.82, 2.24) is 4.90 Å². The van der Waals surface area contributed by atoms with Gasteiger partial charge in [-0.3, -0.25) is 9.69 Å². The fourth-order valence-electron chi connectivity index (χ4n) is 2.28. The van der Waals surface area contributed by atoms with Gasteiger partial charge in [-0.1, -0.05) is 24.1 Å². The molecule has 1 aromatic rings. The van der Waals surface area contributed by atoms with Gasteiger partial charge in [0, 0.05) is 10.7 Å². The number of halogens is 1. The lowest BCUT2D eigenvalue weighted by molar-refractivity contribution is -0.121. The minimum Gasteiger partial charge on any atom is -0.325 e. The number of carbonyl (C=O) groups excluding carboxylic acids is 1. The highest BCUT2D eigenvalue weighted by Crippen LogP contribution is 2.17. The summed E-state index contributed by atoms with van der Waals surface area (Å²) in [6.45, 7) is 4.00. The monoisotopic (exact) mass is 266 g/mol. The van der Waals surface area contributed by atoms with Gasteiger partial charge in [0.05, 0.1) is 6.04 Å². The van der Waals surface area contributed by atoms with Gasteiger partial charge in [0.2, 0.25) is 5.91 Å². The largest absolute Gasteiger partial charge is 0.325 e. The lowest BCUT2D eigenvalue weighted by atomic mass is 10.1. The normalized spacial score (nSPS) is 18.3. The fourth-order valence-corrected chi connectivity index (χ4v) is 2.47. The minimum absolute atomic E-state index is 0.0409. The first-order chi connectivity index (χ1) is 8.66. The highest BCUT2D eigenvalue weighted by atomic mass is 35.5. The minimum atomic E-state index is -0.0794. The van der Waals surface area contributed by atoms with Gasteiger partial charge < -0.3 is 5.32 Å². The van der Waals surface area contributed by atoms with E-state index in [2.05, 4.69) is 10.2 Å². The molecule has 0 aromatic heterocycles. The summed E-state index contributed by atoms with van der Waals surface area (Å²) in [5.41, 5.74) is 0.761. The van der Waals surface area contributed by atoms with Crippen molar-refractivity contribution < 1.29 is 4.79 Å². The molecule has 0 unspecified atom stereocenters. The van der Waals surface area contributed by atoms with E-state index in [1.807, 2.05) is 19.1 Å². The number of likely N-dealkylation sites (tertiary alicyclic amines) is 1. The van der Waals surface area contributed by atoms with Crippen molar-refractivity contribution in [3.8, 4) is 0 Å². The Bertz CT molecular complexity index is 416. The van der Waals surface area contributed by atoms with E-state index in [0.29, 0.717) is 5.02 Å². The zero-order chi connectivity index (χ0) is 13.0. The summed E-state index contributed by atoms with van der Waals surface area (Å²) in [5, 5.41) is 3.55. The number of rotatable bonds is 3. The van der Waals surface area contributed by atoms with Crippen LogP contribution in [0.4, 0.5) is 5.69 Å². The zero-order valence-electron chi connectivity index (χ0n) is 10.7. The third-order valence-corrected chi connectivity index (χ3v) is 3.65. The van der Waals surface area contributed by atoms with Crippen molar-refractivity contribution in [3.63, 3.8) is 0 Å². The molecule has 0 radical (unpaired) electrons. The summed E-state index contributed by atoms with van der Waals surface area (Å²) in [6, 6.07) is 7.17. The van der Waals surface area contributed by atoms with E-state index < -0.39 is 0 Å². The standard InChI is InChI=1S/C14H19ClN2O/c1-11(17-8-3-2-4-9-17)14(18)16-13-7-5-6-12(15)10-13/h5-7,10-11H,2-4,8-9H2,1H3,(H,16,18)/t11-/m0/s1. The number of hydrogen-bond acceptors (Lipinski definition) is 2. The van der Waals surface area contributed by atoms with E-state index in [-0.39, 0.29) is 11.9 Å². The number of nitrogens with one attached hydrogen (secondary N) is 1. The number of nitrogens with zero attached hydrogens (tertiary/aromatic N) is 1. The molecular formula is C14H19ClN2O. The predicted octanol–water partition coefficient (Wildman–Crippen LogP) is 3.15. The summed E-state index contributed by atoms with van der Waals surface area (Å²) in [5.74, 6) is 0.0409. The summed E-state index contributed by atoms with van der Waals surface area (Å²) >= 11 is 5.89. The van der Waals surface area contributed by atoms with Crippen molar-refractivity contribution in [2.24, 2.45) is 0 Å². The number of carbonyl (C=O) groups is 1. The van der Waals surface area contributed by atoms with Crippen LogP contribution in [0.25, 0.3) is 0 Å². The molecule has 1 aliphatic rings. The molecule has 3 nitrogen and oxygen atoms in total. The summed E-state index contributed by atoms with van der Waals surface area (Å²) < 4.78 is 0. The first kappa shape index (κ1) is 13.4. The maximum Gasteiger partial charge on any atom is 0.241 e. The van der Waals surface area contributed by atoms with Crippen LogP contribution in [-0.2, 0) is 4.79 Å². The molecule has 1 fully saturated rings. The Kier molecular flexibility index (Phi) is 4.61. The number of benzene rings is 1. The fraction of sp³-hybridized carbons (Fsp3) is 0.500. The molecule has 0 aliphatic carbocycles. The summed E-state index contributed by atoms with van der Waals surface area (Å²) in [7, 11) is 0. The number of anilines is 1. The second-order valence-corrected chi connectivity index (χ2v) is 5.21. The Morgan fingerprint density at radius 1 is 1.33 bits per heavy atom. The Hall–Kier alpha value is -1.06. The third kappa shape index (κ3) is 3.47. The van der Waals surface area contributed by atoms with Gasteiger partial charge in [0.1, 0.15) is 0 Å². The quantitative estimate of drug-likeness (QED) is 0.912. The molecular weight excluding hydrogens is 248 g/mol. The van der Waals surface area contributed by atoms with Gasteiger partial charge in [-0.25, -0.2) is 0 Å². The molecule has 1 amide bonds. The van der Waals surface area contributed by atoms with Gasteiger partial charge in [0.25, 0.3) is 0 Å². The molecule has 1 heterocycles. The van der Waals surface area contributed by atoms with E-state index in [4.69, 9.17) is 11.6 Å². The second-order valence-electron chi connectivity index (χ2n) is 4.77. The molecule has 1 saturated heterocycles. The van der Waals surface area contributed by atoms with Gasteiger partial charge >= 0.3 is 0 Å². The van der Waals surface area contributed by atoms with Gasteiger partial charge in [0.15, 0.2) is 0 Å². The van der Waals surface area contributed by atoms with E-state index in [1.54, 1.807) is 12.1 Å². The second kappa shape index (κ2) is 6.21. The van der Waals surface area contributed by atoms with E-state index in [0.717, 1.165) is 18.8 Å².